The third-order valence-corrected chi connectivity index (χ3v) is 6.81. The van der Waals surface area contributed by atoms with E-state index in [1.807, 2.05) is 19.9 Å². The van der Waals surface area contributed by atoms with Crippen molar-refractivity contribution in [3.63, 3.8) is 0 Å². The van der Waals surface area contributed by atoms with Crippen LogP contribution in [0.5, 0.6) is 11.5 Å². The third kappa shape index (κ3) is 6.21. The first-order chi connectivity index (χ1) is 15.7. The zero-order valence-electron chi connectivity index (χ0n) is 18.2. The van der Waals surface area contributed by atoms with Crippen LogP contribution in [-0.2, 0) is 9.59 Å². The molecule has 0 bridgehead atoms. The number of para-hydroxylation sites is 1. The molecule has 3 rings (SSSR count). The normalized spacial score (nSPS) is 15.7. The van der Waals surface area contributed by atoms with Crippen LogP contribution in [0, 0.1) is 3.57 Å². The summed E-state index contributed by atoms with van der Waals surface area (Å²) in [6.45, 7) is 3.60. The lowest BCUT2D eigenvalue weighted by Crippen LogP contribution is -2.36. The highest BCUT2D eigenvalue weighted by atomic mass is 127. The van der Waals surface area contributed by atoms with Crippen molar-refractivity contribution in [2.75, 3.05) is 19.0 Å². The Morgan fingerprint density at radius 2 is 2.03 bits per heavy atom. The molecule has 1 saturated heterocycles. The molecule has 1 N–H and O–H groups in total. The van der Waals surface area contributed by atoms with Gasteiger partial charge in [-0.25, -0.2) is 0 Å². The number of anilines is 1. The van der Waals surface area contributed by atoms with Crippen LogP contribution in [0.15, 0.2) is 41.3 Å². The first-order valence-corrected chi connectivity index (χ1v) is 12.3. The fraction of sp³-hybridized carbons (Fsp3) is 0.261. The zero-order valence-corrected chi connectivity index (χ0v) is 21.9. The Hall–Kier alpha value is -2.24. The van der Waals surface area contributed by atoms with Crippen LogP contribution in [0.2, 0.25) is 5.02 Å². The summed E-state index contributed by atoms with van der Waals surface area (Å²) < 4.78 is 12.2. The van der Waals surface area contributed by atoms with Gasteiger partial charge in [0.15, 0.2) is 11.5 Å². The van der Waals surface area contributed by atoms with Gasteiger partial charge >= 0.3 is 0 Å². The Balaban J connectivity index is 1.77. The number of carbonyl (C=O) groups is 3. The Bertz CT molecular complexity index is 1120. The van der Waals surface area contributed by atoms with E-state index >= 15 is 0 Å². The highest BCUT2D eigenvalue weighted by molar-refractivity contribution is 14.1. The molecule has 0 aliphatic carbocycles. The molecule has 0 aromatic heterocycles. The number of nitrogens with one attached hydrogen (secondary N) is 1. The van der Waals surface area contributed by atoms with Gasteiger partial charge in [-0.2, -0.15) is 0 Å². The van der Waals surface area contributed by atoms with Gasteiger partial charge in [-0.1, -0.05) is 30.7 Å². The number of thioether (sulfide) groups is 1. The average Bonchev–Trinajstić information content (AvgIpc) is 3.04. The van der Waals surface area contributed by atoms with Gasteiger partial charge < -0.3 is 14.8 Å². The van der Waals surface area contributed by atoms with Crippen molar-refractivity contribution < 1.29 is 23.9 Å². The molecule has 1 aliphatic rings. The average molecular weight is 601 g/mol. The molecule has 3 amide bonds. The number of hydrogen-bond acceptors (Lipinski definition) is 6. The monoisotopic (exact) mass is 600 g/mol. The third-order valence-electron chi connectivity index (χ3n) is 4.77. The lowest BCUT2D eigenvalue weighted by atomic mass is 10.1. The van der Waals surface area contributed by atoms with Crippen LogP contribution in [0.3, 0.4) is 0 Å². The molecule has 1 heterocycles. The van der Waals surface area contributed by atoms with E-state index in [-0.39, 0.29) is 11.0 Å². The maximum Gasteiger partial charge on any atom is 0.294 e. The molecule has 0 radical (unpaired) electrons. The van der Waals surface area contributed by atoms with Crippen LogP contribution in [0.1, 0.15) is 25.8 Å². The number of benzene rings is 2. The minimum Gasteiger partial charge on any atom is -0.493 e. The highest BCUT2D eigenvalue weighted by Gasteiger charge is 2.36. The van der Waals surface area contributed by atoms with Crippen molar-refractivity contribution in [2.45, 2.75) is 26.4 Å². The molecule has 7 nitrogen and oxygen atoms in total. The highest BCUT2D eigenvalue weighted by Crippen LogP contribution is 2.38. The number of nitrogens with zero attached hydrogens (tertiary/aromatic N) is 1. The van der Waals surface area contributed by atoms with Crippen molar-refractivity contribution in [2.24, 2.45) is 0 Å². The molecule has 1 aliphatic heterocycles. The summed E-state index contributed by atoms with van der Waals surface area (Å²) in [5.41, 5.74) is 1.09. The van der Waals surface area contributed by atoms with Gasteiger partial charge in [0.05, 0.1) is 32.4 Å². The molecule has 2 aromatic rings. The van der Waals surface area contributed by atoms with Crippen molar-refractivity contribution in [3.8, 4) is 11.5 Å². The maximum absolute atomic E-state index is 12.8. The van der Waals surface area contributed by atoms with Gasteiger partial charge in [0.25, 0.3) is 11.1 Å². The number of methoxy groups -OCH3 is 1. The van der Waals surface area contributed by atoms with Gasteiger partial charge in [0.2, 0.25) is 5.91 Å². The molecule has 33 heavy (non-hydrogen) atoms. The lowest BCUT2D eigenvalue weighted by molar-refractivity contribution is -0.127. The largest absolute Gasteiger partial charge is 0.493 e. The second kappa shape index (κ2) is 11.3. The summed E-state index contributed by atoms with van der Waals surface area (Å²) in [6, 6.07) is 10.3. The minimum atomic E-state index is -0.534. The van der Waals surface area contributed by atoms with E-state index in [0.717, 1.165) is 26.7 Å². The first kappa shape index (κ1) is 25.4. The van der Waals surface area contributed by atoms with E-state index in [0.29, 0.717) is 27.8 Å². The standard InChI is InChI=1S/C23H22ClIN2O5S/c1-4-13(2)32-21-16(25)9-14(10-18(21)31-3)11-19-22(29)27(23(30)33-19)12-20(28)26-17-8-6-5-7-15(17)24/h5-11,13H,4,12H2,1-3H3,(H,26,28)/b19-11+/t13-/m1/s1. The van der Waals surface area contributed by atoms with Crippen LogP contribution < -0.4 is 14.8 Å². The van der Waals surface area contributed by atoms with E-state index in [1.54, 1.807) is 43.5 Å². The predicted molar refractivity (Wildman–Crippen MR) is 139 cm³/mol. The second-order valence-electron chi connectivity index (χ2n) is 7.17. The summed E-state index contributed by atoms with van der Waals surface area (Å²) in [5, 5.41) is 2.46. The molecule has 0 saturated carbocycles. The first-order valence-electron chi connectivity index (χ1n) is 10.1. The van der Waals surface area contributed by atoms with Crippen molar-refractivity contribution in [1.82, 2.24) is 4.90 Å². The number of rotatable bonds is 8. The number of imide groups is 1. The Kier molecular flexibility index (Phi) is 8.66. The van der Waals surface area contributed by atoms with Crippen LogP contribution in [0.25, 0.3) is 6.08 Å². The van der Waals surface area contributed by atoms with Crippen molar-refractivity contribution >= 4 is 74.8 Å². The molecule has 1 fully saturated rings. The van der Waals surface area contributed by atoms with Gasteiger partial charge in [-0.05, 0) is 83.6 Å². The summed E-state index contributed by atoms with van der Waals surface area (Å²) >= 11 is 8.98. The van der Waals surface area contributed by atoms with E-state index in [9.17, 15) is 14.4 Å². The number of hydrogen-bond donors (Lipinski definition) is 1. The molecular formula is C23H22ClIN2O5S. The second-order valence-corrected chi connectivity index (χ2v) is 9.73. The smallest absolute Gasteiger partial charge is 0.294 e. The molecule has 2 aromatic carbocycles. The SMILES string of the molecule is CC[C@@H](C)Oc1c(I)cc(/C=C2/SC(=O)N(CC(=O)Nc3ccccc3Cl)C2=O)cc1OC. The molecule has 174 valence electrons. The zero-order chi connectivity index (χ0) is 24.1. The predicted octanol–water partition coefficient (Wildman–Crippen LogP) is 5.81. The van der Waals surface area contributed by atoms with Gasteiger partial charge in [-0.3, -0.25) is 19.3 Å². The van der Waals surface area contributed by atoms with E-state index in [2.05, 4.69) is 27.9 Å². The number of amides is 3. The number of halogens is 2. The topological polar surface area (TPSA) is 84.9 Å². The summed E-state index contributed by atoms with van der Waals surface area (Å²) in [7, 11) is 1.55. The molecule has 0 unspecified atom stereocenters. The maximum atomic E-state index is 12.8. The molecule has 1 atom stereocenters. The van der Waals surface area contributed by atoms with Crippen molar-refractivity contribution in [1.29, 1.82) is 0 Å². The molecular weight excluding hydrogens is 579 g/mol. The summed E-state index contributed by atoms with van der Waals surface area (Å²) in [6.07, 6.45) is 2.47. The minimum absolute atomic E-state index is 0.0201. The van der Waals surface area contributed by atoms with Crippen LogP contribution in [0.4, 0.5) is 10.5 Å². The Morgan fingerprint density at radius 1 is 1.30 bits per heavy atom. The van der Waals surface area contributed by atoms with Gasteiger partial charge in [-0.15, -0.1) is 0 Å². The quantitative estimate of drug-likeness (QED) is 0.304. The fourth-order valence-electron chi connectivity index (χ4n) is 2.91. The van der Waals surface area contributed by atoms with Gasteiger partial charge in [0, 0.05) is 0 Å². The van der Waals surface area contributed by atoms with E-state index < -0.39 is 23.6 Å². The summed E-state index contributed by atoms with van der Waals surface area (Å²) in [4.78, 5) is 38.7. The van der Waals surface area contributed by atoms with Crippen molar-refractivity contribution in [3.05, 3.63) is 55.5 Å². The van der Waals surface area contributed by atoms with E-state index in [1.165, 1.54) is 0 Å². The Morgan fingerprint density at radius 3 is 2.70 bits per heavy atom. The number of ether oxygens (including phenoxy) is 2. The van der Waals surface area contributed by atoms with E-state index in [4.69, 9.17) is 21.1 Å². The van der Waals surface area contributed by atoms with Crippen LogP contribution >= 0.6 is 46.0 Å². The molecule has 0 spiro atoms. The fourth-order valence-corrected chi connectivity index (χ4v) is 4.68. The van der Waals surface area contributed by atoms with Gasteiger partial charge in [0.1, 0.15) is 6.54 Å². The lowest BCUT2D eigenvalue weighted by Gasteiger charge is -2.17. The van der Waals surface area contributed by atoms with Crippen LogP contribution in [-0.4, -0.2) is 41.7 Å². The Labute approximate surface area is 215 Å². The molecule has 10 heteroatoms. The summed E-state index contributed by atoms with van der Waals surface area (Å²) in [5.74, 6) is 0.114. The number of carbonyl (C=O) groups excluding carboxylic acids is 3.